The van der Waals surface area contributed by atoms with Gasteiger partial charge in [0.2, 0.25) is 5.91 Å². The summed E-state index contributed by atoms with van der Waals surface area (Å²) in [6.45, 7) is 2.25. The number of carbonyl (C=O) groups excluding carboxylic acids is 1. The average Bonchev–Trinajstić information content (AvgIpc) is 2.29. The SMILES string of the molecule is CNCC(=O)N[C@H](C)c1ccccc1OC. The van der Waals surface area contributed by atoms with E-state index < -0.39 is 0 Å². The van der Waals surface area contributed by atoms with Crippen LogP contribution < -0.4 is 15.4 Å². The van der Waals surface area contributed by atoms with Gasteiger partial charge in [0.25, 0.3) is 0 Å². The van der Waals surface area contributed by atoms with Gasteiger partial charge in [-0.3, -0.25) is 4.79 Å². The van der Waals surface area contributed by atoms with E-state index in [0.717, 1.165) is 11.3 Å². The fourth-order valence-corrected chi connectivity index (χ4v) is 1.55. The zero-order valence-corrected chi connectivity index (χ0v) is 9.91. The molecule has 0 unspecified atom stereocenters. The third-order valence-corrected chi connectivity index (χ3v) is 2.32. The molecule has 0 aliphatic rings. The maximum atomic E-state index is 11.4. The third kappa shape index (κ3) is 3.24. The number of carbonyl (C=O) groups is 1. The number of hydrogen-bond donors (Lipinski definition) is 2. The Labute approximate surface area is 96.0 Å². The molecule has 0 spiro atoms. The molecule has 0 radical (unpaired) electrons. The standard InChI is InChI=1S/C12H18N2O2/c1-9(14-12(15)8-13-2)10-6-4-5-7-11(10)16-3/h4-7,9,13H,8H2,1-3H3,(H,14,15)/t9-/m1/s1. The number of amides is 1. The highest BCUT2D eigenvalue weighted by Gasteiger charge is 2.12. The topological polar surface area (TPSA) is 50.4 Å². The van der Waals surface area contributed by atoms with Crippen molar-refractivity contribution in [2.45, 2.75) is 13.0 Å². The maximum Gasteiger partial charge on any atom is 0.234 e. The van der Waals surface area contributed by atoms with E-state index in [1.54, 1.807) is 14.2 Å². The summed E-state index contributed by atoms with van der Waals surface area (Å²) < 4.78 is 5.24. The summed E-state index contributed by atoms with van der Waals surface area (Å²) in [5.74, 6) is 0.765. The molecular weight excluding hydrogens is 204 g/mol. The Balaban J connectivity index is 2.72. The van der Waals surface area contributed by atoms with Crippen molar-refractivity contribution in [3.63, 3.8) is 0 Å². The predicted molar refractivity (Wildman–Crippen MR) is 63.5 cm³/mol. The zero-order valence-electron chi connectivity index (χ0n) is 9.91. The molecule has 1 rings (SSSR count). The van der Waals surface area contributed by atoms with Crippen molar-refractivity contribution in [3.05, 3.63) is 29.8 Å². The minimum Gasteiger partial charge on any atom is -0.496 e. The van der Waals surface area contributed by atoms with Crippen molar-refractivity contribution in [2.75, 3.05) is 20.7 Å². The summed E-state index contributed by atoms with van der Waals surface area (Å²) in [4.78, 5) is 11.4. The first-order chi connectivity index (χ1) is 7.69. The lowest BCUT2D eigenvalue weighted by Crippen LogP contribution is -2.34. The molecule has 0 aliphatic heterocycles. The Morgan fingerprint density at radius 2 is 2.12 bits per heavy atom. The van der Waals surface area contributed by atoms with Crippen LogP contribution in [0, 0.1) is 0 Å². The number of methoxy groups -OCH3 is 1. The summed E-state index contributed by atoms with van der Waals surface area (Å²) in [5.41, 5.74) is 0.981. The second kappa shape index (κ2) is 6.12. The first kappa shape index (κ1) is 12.5. The fraction of sp³-hybridized carbons (Fsp3) is 0.417. The van der Waals surface area contributed by atoms with Crippen LogP contribution in [0.4, 0.5) is 0 Å². The Bertz CT molecular complexity index is 353. The van der Waals surface area contributed by atoms with Crippen molar-refractivity contribution >= 4 is 5.91 Å². The van der Waals surface area contributed by atoms with Crippen LogP contribution in [0.2, 0.25) is 0 Å². The van der Waals surface area contributed by atoms with Gasteiger partial charge in [-0.25, -0.2) is 0 Å². The molecular formula is C12H18N2O2. The van der Waals surface area contributed by atoms with Crippen molar-refractivity contribution in [2.24, 2.45) is 0 Å². The molecule has 4 nitrogen and oxygen atoms in total. The summed E-state index contributed by atoms with van der Waals surface area (Å²) in [5, 5.41) is 5.70. The van der Waals surface area contributed by atoms with Crippen LogP contribution in [0.3, 0.4) is 0 Å². The third-order valence-electron chi connectivity index (χ3n) is 2.32. The van der Waals surface area contributed by atoms with Crippen molar-refractivity contribution in [1.82, 2.24) is 10.6 Å². The van der Waals surface area contributed by atoms with Crippen LogP contribution in [-0.4, -0.2) is 26.6 Å². The van der Waals surface area contributed by atoms with Crippen LogP contribution in [0.15, 0.2) is 24.3 Å². The molecule has 2 N–H and O–H groups in total. The highest BCUT2D eigenvalue weighted by molar-refractivity contribution is 5.78. The van der Waals surface area contributed by atoms with Gasteiger partial charge in [-0.05, 0) is 20.0 Å². The molecule has 0 saturated carbocycles. The lowest BCUT2D eigenvalue weighted by atomic mass is 10.1. The molecule has 0 bridgehead atoms. The van der Waals surface area contributed by atoms with E-state index in [-0.39, 0.29) is 11.9 Å². The summed E-state index contributed by atoms with van der Waals surface area (Å²) in [7, 11) is 3.37. The molecule has 0 aromatic heterocycles. The first-order valence-corrected chi connectivity index (χ1v) is 5.26. The van der Waals surface area contributed by atoms with E-state index in [4.69, 9.17) is 4.74 Å². The number of para-hydroxylation sites is 1. The molecule has 0 aliphatic carbocycles. The highest BCUT2D eigenvalue weighted by Crippen LogP contribution is 2.23. The van der Waals surface area contributed by atoms with Gasteiger partial charge < -0.3 is 15.4 Å². The molecule has 0 fully saturated rings. The van der Waals surface area contributed by atoms with Crippen molar-refractivity contribution in [1.29, 1.82) is 0 Å². The van der Waals surface area contributed by atoms with Gasteiger partial charge in [0.1, 0.15) is 5.75 Å². The van der Waals surface area contributed by atoms with Gasteiger partial charge in [-0.1, -0.05) is 18.2 Å². The van der Waals surface area contributed by atoms with Gasteiger partial charge in [0.15, 0.2) is 0 Å². The smallest absolute Gasteiger partial charge is 0.234 e. The van der Waals surface area contributed by atoms with Gasteiger partial charge >= 0.3 is 0 Å². The number of hydrogen-bond acceptors (Lipinski definition) is 3. The van der Waals surface area contributed by atoms with Gasteiger partial charge in [0.05, 0.1) is 19.7 Å². The number of likely N-dealkylation sites (N-methyl/N-ethyl adjacent to an activating group) is 1. The second-order valence-electron chi connectivity index (χ2n) is 3.56. The number of ether oxygens (including phenoxy) is 1. The molecule has 1 atom stereocenters. The predicted octanol–water partition coefficient (Wildman–Crippen LogP) is 1.09. The molecule has 1 aromatic rings. The monoisotopic (exact) mass is 222 g/mol. The summed E-state index contributed by atoms with van der Waals surface area (Å²) in [6.07, 6.45) is 0. The number of benzene rings is 1. The van der Waals surface area contributed by atoms with Crippen LogP contribution in [-0.2, 0) is 4.79 Å². The fourth-order valence-electron chi connectivity index (χ4n) is 1.55. The van der Waals surface area contributed by atoms with Crippen LogP contribution >= 0.6 is 0 Å². The van der Waals surface area contributed by atoms with Gasteiger partial charge in [0, 0.05) is 5.56 Å². The molecule has 1 amide bonds. The molecule has 0 heterocycles. The van der Waals surface area contributed by atoms with Crippen molar-refractivity contribution < 1.29 is 9.53 Å². The molecule has 16 heavy (non-hydrogen) atoms. The van der Waals surface area contributed by atoms with Crippen LogP contribution in [0.25, 0.3) is 0 Å². The van der Waals surface area contributed by atoms with E-state index in [2.05, 4.69) is 10.6 Å². The van der Waals surface area contributed by atoms with Crippen LogP contribution in [0.1, 0.15) is 18.5 Å². The molecule has 0 saturated heterocycles. The Hall–Kier alpha value is -1.55. The molecule has 88 valence electrons. The van der Waals surface area contributed by atoms with Crippen LogP contribution in [0.5, 0.6) is 5.75 Å². The van der Waals surface area contributed by atoms with E-state index in [9.17, 15) is 4.79 Å². The normalized spacial score (nSPS) is 11.9. The summed E-state index contributed by atoms with van der Waals surface area (Å²) in [6, 6.07) is 7.61. The van der Waals surface area contributed by atoms with E-state index in [1.165, 1.54) is 0 Å². The average molecular weight is 222 g/mol. The molecule has 4 heteroatoms. The Morgan fingerprint density at radius 3 is 2.75 bits per heavy atom. The minimum absolute atomic E-state index is 0.0269. The minimum atomic E-state index is -0.0583. The van der Waals surface area contributed by atoms with E-state index in [1.807, 2.05) is 31.2 Å². The number of nitrogens with one attached hydrogen (secondary N) is 2. The largest absolute Gasteiger partial charge is 0.496 e. The van der Waals surface area contributed by atoms with Crippen molar-refractivity contribution in [3.8, 4) is 5.75 Å². The maximum absolute atomic E-state index is 11.4. The van der Waals surface area contributed by atoms with E-state index in [0.29, 0.717) is 6.54 Å². The van der Waals surface area contributed by atoms with Gasteiger partial charge in [-0.2, -0.15) is 0 Å². The van der Waals surface area contributed by atoms with E-state index >= 15 is 0 Å². The highest BCUT2D eigenvalue weighted by atomic mass is 16.5. The quantitative estimate of drug-likeness (QED) is 0.784. The van der Waals surface area contributed by atoms with Gasteiger partial charge in [-0.15, -0.1) is 0 Å². The lowest BCUT2D eigenvalue weighted by Gasteiger charge is -2.17. The lowest BCUT2D eigenvalue weighted by molar-refractivity contribution is -0.120. The number of rotatable bonds is 5. The zero-order chi connectivity index (χ0) is 12.0. The Kier molecular flexibility index (Phi) is 4.79. The second-order valence-corrected chi connectivity index (χ2v) is 3.56. The summed E-state index contributed by atoms with van der Waals surface area (Å²) >= 11 is 0. The molecule has 1 aromatic carbocycles. The first-order valence-electron chi connectivity index (χ1n) is 5.26. The Morgan fingerprint density at radius 1 is 1.44 bits per heavy atom.